The molecule has 1 aliphatic heterocycles. The summed E-state index contributed by atoms with van der Waals surface area (Å²) in [5, 5.41) is 14.8. The Kier molecular flexibility index (Phi) is 2.83. The van der Waals surface area contributed by atoms with Gasteiger partial charge >= 0.3 is 0 Å². The minimum absolute atomic E-state index is 0.354. The van der Waals surface area contributed by atoms with Gasteiger partial charge in [-0.3, -0.25) is 14.9 Å². The standard InChI is InChI=1S/C23H16N2O3/c1-10(26)15-11-6-2-3-7-12(11)16-18(15)20-19(22(27)25-23(20)28)17-13-8-4-5-9-14(13)24-21(16)17/h2-10,15,24,26H,1H3,(H,25,27,28). The highest BCUT2D eigenvalue weighted by Crippen LogP contribution is 2.53. The van der Waals surface area contributed by atoms with Gasteiger partial charge in [0, 0.05) is 27.8 Å². The first-order valence-corrected chi connectivity index (χ1v) is 9.31. The third-order valence-corrected chi connectivity index (χ3v) is 6.03. The number of carbonyl (C=O) groups excluding carboxylic acids is 2. The number of aliphatic hydroxyl groups excluding tert-OH is 1. The average molecular weight is 368 g/mol. The fourth-order valence-electron chi connectivity index (χ4n) is 5.04. The van der Waals surface area contributed by atoms with E-state index < -0.39 is 6.10 Å². The lowest BCUT2D eigenvalue weighted by atomic mass is 9.86. The summed E-state index contributed by atoms with van der Waals surface area (Å²) in [7, 11) is 0. The predicted molar refractivity (Wildman–Crippen MR) is 107 cm³/mol. The molecular formula is C23H16N2O3. The van der Waals surface area contributed by atoms with Gasteiger partial charge in [-0.25, -0.2) is 0 Å². The molecule has 0 bridgehead atoms. The van der Waals surface area contributed by atoms with Gasteiger partial charge in [-0.2, -0.15) is 0 Å². The van der Waals surface area contributed by atoms with Crippen molar-refractivity contribution < 1.29 is 14.7 Å². The molecule has 28 heavy (non-hydrogen) atoms. The number of para-hydroxylation sites is 1. The molecule has 4 aromatic rings. The van der Waals surface area contributed by atoms with Gasteiger partial charge in [-0.1, -0.05) is 42.5 Å². The quantitative estimate of drug-likeness (QED) is 0.448. The van der Waals surface area contributed by atoms with Crippen LogP contribution >= 0.6 is 0 Å². The second-order valence-electron chi connectivity index (χ2n) is 7.55. The molecule has 0 saturated heterocycles. The smallest absolute Gasteiger partial charge is 0.259 e. The number of fused-ring (bicyclic) bond motifs is 10. The number of benzene rings is 3. The zero-order valence-corrected chi connectivity index (χ0v) is 15.0. The van der Waals surface area contributed by atoms with Crippen molar-refractivity contribution in [2.45, 2.75) is 18.9 Å². The van der Waals surface area contributed by atoms with Crippen molar-refractivity contribution in [2.75, 3.05) is 0 Å². The van der Waals surface area contributed by atoms with E-state index in [1.54, 1.807) is 6.92 Å². The molecule has 6 rings (SSSR count). The molecule has 0 radical (unpaired) electrons. The highest BCUT2D eigenvalue weighted by molar-refractivity contribution is 6.33. The maximum absolute atomic E-state index is 12.8. The fraction of sp³-hybridized carbons (Fsp3) is 0.130. The third kappa shape index (κ3) is 1.70. The van der Waals surface area contributed by atoms with E-state index in [2.05, 4.69) is 10.3 Å². The first-order valence-electron chi connectivity index (χ1n) is 9.31. The van der Waals surface area contributed by atoms with Crippen LogP contribution in [-0.4, -0.2) is 28.0 Å². The first kappa shape index (κ1) is 15.6. The van der Waals surface area contributed by atoms with Gasteiger partial charge in [0.25, 0.3) is 11.8 Å². The number of nitrogens with one attached hydrogen (secondary N) is 2. The molecule has 2 amide bonds. The molecule has 0 spiro atoms. The first-order chi connectivity index (χ1) is 13.6. The Morgan fingerprint density at radius 1 is 0.929 bits per heavy atom. The van der Waals surface area contributed by atoms with Crippen LogP contribution in [0.5, 0.6) is 0 Å². The van der Waals surface area contributed by atoms with Crippen molar-refractivity contribution in [1.29, 1.82) is 0 Å². The van der Waals surface area contributed by atoms with E-state index in [0.29, 0.717) is 11.1 Å². The van der Waals surface area contributed by atoms with Crippen molar-refractivity contribution in [3.63, 3.8) is 0 Å². The van der Waals surface area contributed by atoms with E-state index in [9.17, 15) is 14.7 Å². The van der Waals surface area contributed by atoms with Crippen LogP contribution in [0.15, 0.2) is 48.5 Å². The Bertz CT molecular complexity index is 1360. The topological polar surface area (TPSA) is 82.2 Å². The van der Waals surface area contributed by atoms with Gasteiger partial charge in [0.15, 0.2) is 0 Å². The zero-order chi connectivity index (χ0) is 19.2. The van der Waals surface area contributed by atoms with Crippen LogP contribution in [0.4, 0.5) is 0 Å². The monoisotopic (exact) mass is 368 g/mol. The maximum Gasteiger partial charge on any atom is 0.259 e. The Morgan fingerprint density at radius 3 is 2.46 bits per heavy atom. The summed E-state index contributed by atoms with van der Waals surface area (Å²) in [6, 6.07) is 15.7. The van der Waals surface area contributed by atoms with Crippen LogP contribution in [0, 0.1) is 0 Å². The van der Waals surface area contributed by atoms with Gasteiger partial charge in [-0.15, -0.1) is 0 Å². The number of hydrogen-bond donors (Lipinski definition) is 3. The molecule has 5 heteroatoms. The van der Waals surface area contributed by atoms with E-state index in [0.717, 1.165) is 44.1 Å². The number of amides is 2. The third-order valence-electron chi connectivity index (χ3n) is 6.03. The largest absolute Gasteiger partial charge is 0.392 e. The van der Waals surface area contributed by atoms with Crippen LogP contribution < -0.4 is 5.32 Å². The summed E-state index contributed by atoms with van der Waals surface area (Å²) in [6.07, 6.45) is -0.697. The molecule has 1 aromatic heterocycles. The molecule has 2 heterocycles. The van der Waals surface area contributed by atoms with Crippen molar-refractivity contribution in [3.05, 3.63) is 70.8 Å². The molecule has 2 aliphatic rings. The highest BCUT2D eigenvalue weighted by Gasteiger charge is 2.43. The average Bonchev–Trinajstić information content (AvgIpc) is 3.30. The van der Waals surface area contributed by atoms with Crippen molar-refractivity contribution in [1.82, 2.24) is 10.3 Å². The number of hydrogen-bond acceptors (Lipinski definition) is 3. The Morgan fingerprint density at radius 2 is 1.64 bits per heavy atom. The highest BCUT2D eigenvalue weighted by atomic mass is 16.3. The SMILES string of the molecule is CC(O)C1c2ccccc2-c2c1c1c(c3c2[nH]c2ccccc23)C(=O)NC1=O. The zero-order valence-electron chi connectivity index (χ0n) is 15.0. The van der Waals surface area contributed by atoms with Crippen molar-refractivity contribution in [2.24, 2.45) is 0 Å². The molecule has 3 aromatic carbocycles. The predicted octanol–water partition coefficient (Wildman–Crippen LogP) is 3.70. The summed E-state index contributed by atoms with van der Waals surface area (Å²) < 4.78 is 0. The molecule has 3 N–H and O–H groups in total. The molecule has 5 nitrogen and oxygen atoms in total. The van der Waals surface area contributed by atoms with Crippen LogP contribution in [0.25, 0.3) is 32.9 Å². The van der Waals surface area contributed by atoms with E-state index >= 15 is 0 Å². The second-order valence-corrected chi connectivity index (χ2v) is 7.55. The Balaban J connectivity index is 1.92. The van der Waals surface area contributed by atoms with Gasteiger partial charge in [0.1, 0.15) is 0 Å². The number of rotatable bonds is 1. The minimum atomic E-state index is -0.697. The van der Waals surface area contributed by atoms with Crippen LogP contribution in [0.2, 0.25) is 0 Å². The Labute approximate surface area is 160 Å². The second kappa shape index (κ2) is 5.09. The molecule has 2 atom stereocenters. The number of aliphatic hydroxyl groups is 1. The number of carbonyl (C=O) groups is 2. The maximum atomic E-state index is 12.8. The molecule has 2 unspecified atom stereocenters. The molecule has 0 fully saturated rings. The summed E-state index contributed by atoms with van der Waals surface area (Å²) in [4.78, 5) is 29.1. The van der Waals surface area contributed by atoms with Gasteiger partial charge < -0.3 is 10.1 Å². The van der Waals surface area contributed by atoms with Crippen molar-refractivity contribution in [3.8, 4) is 11.1 Å². The number of aromatic nitrogens is 1. The van der Waals surface area contributed by atoms with Gasteiger partial charge in [0.05, 0.1) is 22.7 Å². The summed E-state index contributed by atoms with van der Waals surface area (Å²) in [6.45, 7) is 1.73. The lowest BCUT2D eigenvalue weighted by Crippen LogP contribution is -2.21. The van der Waals surface area contributed by atoms with Crippen LogP contribution in [-0.2, 0) is 0 Å². The van der Waals surface area contributed by atoms with Crippen LogP contribution in [0.3, 0.4) is 0 Å². The van der Waals surface area contributed by atoms with E-state index in [1.165, 1.54) is 0 Å². The molecular weight excluding hydrogens is 352 g/mol. The number of H-pyrrole nitrogens is 1. The minimum Gasteiger partial charge on any atom is -0.392 e. The molecule has 0 saturated carbocycles. The van der Waals surface area contributed by atoms with Crippen molar-refractivity contribution >= 4 is 33.6 Å². The number of aromatic amines is 1. The van der Waals surface area contributed by atoms with Crippen LogP contribution in [0.1, 0.15) is 44.7 Å². The summed E-state index contributed by atoms with van der Waals surface area (Å²) >= 11 is 0. The van der Waals surface area contributed by atoms with Gasteiger partial charge in [-0.05, 0) is 29.7 Å². The summed E-state index contributed by atoms with van der Waals surface area (Å²) in [5.41, 5.74) is 6.20. The lowest BCUT2D eigenvalue weighted by molar-refractivity contribution is 0.0879. The van der Waals surface area contributed by atoms with E-state index in [1.807, 2.05) is 48.5 Å². The van der Waals surface area contributed by atoms with E-state index in [4.69, 9.17) is 0 Å². The normalized spacial score (nSPS) is 18.3. The Hall–Kier alpha value is -3.44. The van der Waals surface area contributed by atoms with Gasteiger partial charge in [0.2, 0.25) is 0 Å². The molecule has 1 aliphatic carbocycles. The number of imide groups is 1. The lowest BCUT2D eigenvalue weighted by Gasteiger charge is -2.19. The summed E-state index contributed by atoms with van der Waals surface area (Å²) in [5.74, 6) is -1.12. The fourth-order valence-corrected chi connectivity index (χ4v) is 5.04. The van der Waals surface area contributed by atoms with E-state index in [-0.39, 0.29) is 17.7 Å². The molecule has 136 valence electrons.